The van der Waals surface area contributed by atoms with Gasteiger partial charge in [-0.05, 0) is 41.8 Å². The maximum absolute atomic E-state index is 12.9. The van der Waals surface area contributed by atoms with Gasteiger partial charge in [-0.25, -0.2) is 4.79 Å². The highest BCUT2D eigenvalue weighted by Gasteiger charge is 2.34. The summed E-state index contributed by atoms with van der Waals surface area (Å²) < 4.78 is 10.7. The maximum Gasteiger partial charge on any atom is 0.322 e. The van der Waals surface area contributed by atoms with E-state index in [1.165, 1.54) is 12.0 Å². The Kier molecular flexibility index (Phi) is 5.94. The van der Waals surface area contributed by atoms with E-state index in [1.807, 2.05) is 6.07 Å². The standard InChI is InChI=1S/C20H21ClN2O5/c1-27-17-9-12-7-8-23(20(26)22-15-6-4-3-5-14(15)21)16(11-19(24)25)13(12)10-18(17)28-2/h3-6,9-10,16H,7-8,11H2,1-2H3,(H,22,26)(H,24,25)/t16-/m1/s1. The number of carboxylic acids is 1. The Morgan fingerprint density at radius 3 is 2.54 bits per heavy atom. The van der Waals surface area contributed by atoms with Crippen molar-refractivity contribution in [1.29, 1.82) is 0 Å². The molecule has 1 aliphatic rings. The van der Waals surface area contributed by atoms with Crippen molar-refractivity contribution in [3.05, 3.63) is 52.5 Å². The highest BCUT2D eigenvalue weighted by molar-refractivity contribution is 6.33. The van der Waals surface area contributed by atoms with Gasteiger partial charge in [0.2, 0.25) is 0 Å². The molecule has 28 heavy (non-hydrogen) atoms. The number of rotatable bonds is 5. The largest absolute Gasteiger partial charge is 0.493 e. The Morgan fingerprint density at radius 1 is 1.21 bits per heavy atom. The Bertz CT molecular complexity index is 902. The van der Waals surface area contributed by atoms with Gasteiger partial charge in [0.1, 0.15) is 0 Å². The molecule has 148 valence electrons. The van der Waals surface area contributed by atoms with Gasteiger partial charge in [0, 0.05) is 6.54 Å². The van der Waals surface area contributed by atoms with Crippen LogP contribution >= 0.6 is 11.6 Å². The lowest BCUT2D eigenvalue weighted by atomic mass is 9.90. The van der Waals surface area contributed by atoms with Crippen LogP contribution in [0.1, 0.15) is 23.6 Å². The summed E-state index contributed by atoms with van der Waals surface area (Å²) in [4.78, 5) is 25.9. The maximum atomic E-state index is 12.9. The van der Waals surface area contributed by atoms with Crippen molar-refractivity contribution in [2.75, 3.05) is 26.1 Å². The molecule has 0 fully saturated rings. The van der Waals surface area contributed by atoms with Crippen LogP contribution in [0.15, 0.2) is 36.4 Å². The van der Waals surface area contributed by atoms with Crippen molar-refractivity contribution in [3.63, 3.8) is 0 Å². The van der Waals surface area contributed by atoms with Crippen molar-refractivity contribution in [2.24, 2.45) is 0 Å². The molecule has 1 atom stereocenters. The van der Waals surface area contributed by atoms with Crippen molar-refractivity contribution in [3.8, 4) is 11.5 Å². The second-order valence-corrected chi connectivity index (χ2v) is 6.78. The number of ether oxygens (including phenoxy) is 2. The quantitative estimate of drug-likeness (QED) is 0.787. The van der Waals surface area contributed by atoms with E-state index in [0.29, 0.717) is 35.2 Å². The number of amides is 2. The number of hydrogen-bond acceptors (Lipinski definition) is 4. The first kappa shape index (κ1) is 19.8. The van der Waals surface area contributed by atoms with Crippen LogP contribution in [0, 0.1) is 0 Å². The van der Waals surface area contributed by atoms with Crippen molar-refractivity contribution < 1.29 is 24.2 Å². The number of nitrogens with zero attached hydrogens (tertiary/aromatic N) is 1. The van der Waals surface area contributed by atoms with Crippen LogP contribution in [0.25, 0.3) is 0 Å². The molecule has 0 saturated carbocycles. The summed E-state index contributed by atoms with van der Waals surface area (Å²) in [5.74, 6) is 0.0671. The lowest BCUT2D eigenvalue weighted by molar-refractivity contribution is -0.138. The summed E-state index contributed by atoms with van der Waals surface area (Å²) in [6.07, 6.45) is 0.347. The first-order valence-electron chi connectivity index (χ1n) is 8.73. The third kappa shape index (κ3) is 3.99. The fourth-order valence-corrected chi connectivity index (χ4v) is 3.59. The average molecular weight is 405 g/mol. The Balaban J connectivity index is 1.95. The van der Waals surface area contributed by atoms with Crippen LogP contribution in [-0.2, 0) is 11.2 Å². The highest BCUT2D eigenvalue weighted by atomic mass is 35.5. The number of para-hydroxylation sites is 1. The number of carbonyl (C=O) groups excluding carboxylic acids is 1. The van der Waals surface area contributed by atoms with Gasteiger partial charge in [0.05, 0.1) is 37.4 Å². The first-order valence-corrected chi connectivity index (χ1v) is 9.11. The number of carboxylic acid groups (broad SMARTS) is 1. The molecule has 0 unspecified atom stereocenters. The van der Waals surface area contributed by atoms with Gasteiger partial charge in [0.15, 0.2) is 11.5 Å². The van der Waals surface area contributed by atoms with Crippen molar-refractivity contribution >= 4 is 29.3 Å². The Hall–Kier alpha value is -2.93. The molecule has 1 aliphatic heterocycles. The minimum absolute atomic E-state index is 0.224. The number of fused-ring (bicyclic) bond motifs is 1. The van der Waals surface area contributed by atoms with E-state index in [-0.39, 0.29) is 6.42 Å². The van der Waals surface area contributed by atoms with Gasteiger partial charge in [-0.3, -0.25) is 4.79 Å². The molecule has 3 rings (SSSR count). The van der Waals surface area contributed by atoms with Gasteiger partial charge in [-0.1, -0.05) is 23.7 Å². The second kappa shape index (κ2) is 8.39. The second-order valence-electron chi connectivity index (χ2n) is 6.37. The molecule has 2 N–H and O–H groups in total. The molecule has 2 aromatic carbocycles. The summed E-state index contributed by atoms with van der Waals surface area (Å²) in [6.45, 7) is 0.372. The highest BCUT2D eigenvalue weighted by Crippen LogP contribution is 2.39. The zero-order chi connectivity index (χ0) is 20.3. The molecule has 0 saturated heterocycles. The third-order valence-electron chi connectivity index (χ3n) is 4.75. The molecule has 7 nitrogen and oxygen atoms in total. The molecule has 2 aromatic rings. The fourth-order valence-electron chi connectivity index (χ4n) is 3.41. The van der Waals surface area contributed by atoms with E-state index in [0.717, 1.165) is 11.1 Å². The fraction of sp³-hybridized carbons (Fsp3) is 0.300. The normalized spacial score (nSPS) is 15.5. The molecule has 0 spiro atoms. The summed E-state index contributed by atoms with van der Waals surface area (Å²) in [5.41, 5.74) is 2.15. The Morgan fingerprint density at radius 2 is 1.89 bits per heavy atom. The number of benzene rings is 2. The van der Waals surface area contributed by atoms with Gasteiger partial charge in [-0.15, -0.1) is 0 Å². The summed E-state index contributed by atoms with van der Waals surface area (Å²) in [7, 11) is 3.06. The van der Waals surface area contributed by atoms with Crippen molar-refractivity contribution in [1.82, 2.24) is 4.90 Å². The average Bonchev–Trinajstić information content (AvgIpc) is 2.68. The molecule has 8 heteroatoms. The molecule has 0 bridgehead atoms. The van der Waals surface area contributed by atoms with Crippen LogP contribution in [0.4, 0.5) is 10.5 Å². The zero-order valence-corrected chi connectivity index (χ0v) is 16.3. The number of methoxy groups -OCH3 is 2. The van der Waals surface area contributed by atoms with Crippen LogP contribution in [0.5, 0.6) is 11.5 Å². The number of carbonyl (C=O) groups is 2. The molecule has 0 aromatic heterocycles. The van der Waals surface area contributed by atoms with Crippen LogP contribution in [0.3, 0.4) is 0 Å². The van der Waals surface area contributed by atoms with Gasteiger partial charge >= 0.3 is 12.0 Å². The number of hydrogen-bond donors (Lipinski definition) is 2. The summed E-state index contributed by atoms with van der Waals surface area (Å²) in [6, 6.07) is 9.44. The third-order valence-corrected chi connectivity index (χ3v) is 5.08. The predicted molar refractivity (Wildman–Crippen MR) is 105 cm³/mol. The number of aliphatic carboxylic acids is 1. The van der Waals surface area contributed by atoms with Gasteiger partial charge in [-0.2, -0.15) is 0 Å². The van der Waals surface area contributed by atoms with E-state index in [9.17, 15) is 14.7 Å². The topological polar surface area (TPSA) is 88.1 Å². The number of nitrogens with one attached hydrogen (secondary N) is 1. The van der Waals surface area contributed by atoms with E-state index in [2.05, 4.69) is 5.32 Å². The minimum atomic E-state index is -0.997. The smallest absolute Gasteiger partial charge is 0.322 e. The van der Waals surface area contributed by atoms with E-state index < -0.39 is 18.0 Å². The van der Waals surface area contributed by atoms with Crippen LogP contribution in [0.2, 0.25) is 5.02 Å². The van der Waals surface area contributed by atoms with E-state index in [1.54, 1.807) is 37.4 Å². The SMILES string of the molecule is COc1cc2c(cc1OC)[C@@H](CC(=O)O)N(C(=O)Nc1ccccc1Cl)CC2. The minimum Gasteiger partial charge on any atom is -0.493 e. The van der Waals surface area contributed by atoms with Crippen molar-refractivity contribution in [2.45, 2.75) is 18.9 Å². The lowest BCUT2D eigenvalue weighted by Gasteiger charge is -2.37. The molecule has 0 radical (unpaired) electrons. The summed E-state index contributed by atoms with van der Waals surface area (Å²) >= 11 is 6.12. The Labute approximate surface area is 167 Å². The zero-order valence-electron chi connectivity index (χ0n) is 15.6. The van der Waals surface area contributed by atoms with E-state index in [4.69, 9.17) is 21.1 Å². The van der Waals surface area contributed by atoms with Gasteiger partial charge in [0.25, 0.3) is 0 Å². The molecule has 0 aliphatic carbocycles. The van der Waals surface area contributed by atoms with E-state index >= 15 is 0 Å². The first-order chi connectivity index (χ1) is 13.4. The van der Waals surface area contributed by atoms with Crippen LogP contribution < -0.4 is 14.8 Å². The van der Waals surface area contributed by atoms with Gasteiger partial charge < -0.3 is 24.8 Å². The molecule has 2 amide bonds. The van der Waals surface area contributed by atoms with Crippen LogP contribution in [-0.4, -0.2) is 42.8 Å². The molecular weight excluding hydrogens is 384 g/mol. The molecular formula is C20H21ClN2O5. The number of anilines is 1. The predicted octanol–water partition coefficient (Wildman–Crippen LogP) is 3.96. The lowest BCUT2D eigenvalue weighted by Crippen LogP contribution is -2.43. The monoisotopic (exact) mass is 404 g/mol. The molecule has 1 heterocycles. The summed E-state index contributed by atoms with van der Waals surface area (Å²) in [5, 5.41) is 12.6. The number of urea groups is 1. The number of halogens is 1.